The fourth-order valence-corrected chi connectivity index (χ4v) is 3.92. The zero-order chi connectivity index (χ0) is 23.9. The lowest BCUT2D eigenvalue weighted by Crippen LogP contribution is -2.36. The number of nitrogens with zero attached hydrogens (tertiary/aromatic N) is 2. The molecule has 0 aliphatic rings. The lowest BCUT2D eigenvalue weighted by molar-refractivity contribution is -0.132. The van der Waals surface area contributed by atoms with E-state index in [2.05, 4.69) is 0 Å². The molecule has 0 bridgehead atoms. The Bertz CT molecular complexity index is 1020. The Labute approximate surface area is 189 Å². The third-order valence-corrected chi connectivity index (χ3v) is 5.89. The monoisotopic (exact) mass is 466 g/mol. The molecule has 1 amide bonds. The van der Waals surface area contributed by atoms with E-state index in [1.54, 1.807) is 23.1 Å². The first-order valence-electron chi connectivity index (χ1n) is 10.3. The predicted molar refractivity (Wildman–Crippen MR) is 121 cm³/mol. The van der Waals surface area contributed by atoms with Crippen molar-refractivity contribution in [2.45, 2.75) is 31.7 Å². The Morgan fingerprint density at radius 2 is 1.81 bits per heavy atom. The van der Waals surface area contributed by atoms with Crippen LogP contribution in [0, 0.1) is 11.7 Å². The van der Waals surface area contributed by atoms with Gasteiger partial charge in [-0.15, -0.1) is 0 Å². The molecule has 2 rings (SSSR count). The molecule has 0 fully saturated rings. The van der Waals surface area contributed by atoms with E-state index in [4.69, 9.17) is 8.92 Å². The van der Waals surface area contributed by atoms with Crippen LogP contribution in [0.15, 0.2) is 47.4 Å². The maximum atomic E-state index is 13.9. The van der Waals surface area contributed by atoms with E-state index in [0.29, 0.717) is 26.1 Å². The third kappa shape index (κ3) is 7.49. The number of rotatable bonds is 11. The molecule has 0 radical (unpaired) electrons. The maximum Gasteiger partial charge on any atom is 0.339 e. The summed E-state index contributed by atoms with van der Waals surface area (Å²) in [7, 11) is 0.925. The molecule has 9 heteroatoms. The number of ether oxygens (including phenoxy) is 1. The largest absolute Gasteiger partial charge is 0.494 e. The van der Waals surface area contributed by atoms with E-state index in [1.807, 2.05) is 32.8 Å². The number of amides is 1. The van der Waals surface area contributed by atoms with Crippen LogP contribution >= 0.6 is 0 Å². The summed E-state index contributed by atoms with van der Waals surface area (Å²) < 4.78 is 49.2. The molecule has 0 heterocycles. The molecule has 0 aromatic heterocycles. The Morgan fingerprint density at radius 3 is 2.41 bits per heavy atom. The minimum Gasteiger partial charge on any atom is -0.494 e. The van der Waals surface area contributed by atoms with Gasteiger partial charge >= 0.3 is 10.1 Å². The molecule has 0 aliphatic carbocycles. The van der Waals surface area contributed by atoms with Crippen molar-refractivity contribution in [1.82, 2.24) is 9.80 Å². The molecule has 0 atom stereocenters. The molecule has 0 unspecified atom stereocenters. The van der Waals surface area contributed by atoms with Crippen LogP contribution in [0.5, 0.6) is 11.5 Å². The van der Waals surface area contributed by atoms with E-state index in [-0.39, 0.29) is 28.2 Å². The first-order chi connectivity index (χ1) is 15.0. The minimum atomic E-state index is -4.24. The number of likely N-dealkylation sites (N-methyl/N-ethyl adjacent to an activating group) is 1. The highest BCUT2D eigenvalue weighted by Crippen LogP contribution is 2.24. The second-order valence-electron chi connectivity index (χ2n) is 8.20. The molecule has 32 heavy (non-hydrogen) atoms. The molecular formula is C23H31FN2O5S. The molecule has 0 saturated carbocycles. The van der Waals surface area contributed by atoms with Gasteiger partial charge in [-0.2, -0.15) is 8.42 Å². The van der Waals surface area contributed by atoms with Crippen LogP contribution in [0.4, 0.5) is 4.39 Å². The van der Waals surface area contributed by atoms with Crippen molar-refractivity contribution in [2.75, 3.05) is 34.3 Å². The molecule has 0 aliphatic heterocycles. The Morgan fingerprint density at radius 1 is 1.09 bits per heavy atom. The molecule has 2 aromatic carbocycles. The Balaban J connectivity index is 2.20. The lowest BCUT2D eigenvalue weighted by atomic mass is 10.1. The van der Waals surface area contributed by atoms with E-state index in [0.717, 1.165) is 11.6 Å². The van der Waals surface area contributed by atoms with E-state index in [1.165, 1.54) is 25.3 Å². The highest BCUT2D eigenvalue weighted by Gasteiger charge is 2.20. The normalized spacial score (nSPS) is 11.6. The van der Waals surface area contributed by atoms with Crippen LogP contribution in [-0.4, -0.2) is 58.4 Å². The van der Waals surface area contributed by atoms with Gasteiger partial charge in [-0.05, 0) is 55.9 Å². The van der Waals surface area contributed by atoms with Crippen molar-refractivity contribution in [3.8, 4) is 11.5 Å². The van der Waals surface area contributed by atoms with Crippen molar-refractivity contribution < 1.29 is 26.5 Å². The smallest absolute Gasteiger partial charge is 0.339 e. The lowest BCUT2D eigenvalue weighted by Gasteiger charge is -2.25. The second-order valence-corrected chi connectivity index (χ2v) is 9.74. The van der Waals surface area contributed by atoms with Crippen molar-refractivity contribution >= 4 is 16.0 Å². The van der Waals surface area contributed by atoms with Gasteiger partial charge in [0.25, 0.3) is 0 Å². The van der Waals surface area contributed by atoms with E-state index >= 15 is 0 Å². The number of halogens is 1. The fourth-order valence-electron chi connectivity index (χ4n) is 2.98. The number of benzene rings is 2. The number of carbonyl (C=O) groups excluding carboxylic acids is 1. The van der Waals surface area contributed by atoms with Crippen molar-refractivity contribution in [3.63, 3.8) is 0 Å². The molecule has 0 saturated heterocycles. The number of methoxy groups -OCH3 is 1. The quantitative estimate of drug-likeness (QED) is 0.472. The first kappa shape index (κ1) is 25.6. The van der Waals surface area contributed by atoms with Gasteiger partial charge in [-0.1, -0.05) is 26.0 Å². The van der Waals surface area contributed by atoms with Crippen LogP contribution in [0.25, 0.3) is 0 Å². The highest BCUT2D eigenvalue weighted by atomic mass is 32.2. The van der Waals surface area contributed by atoms with Crippen LogP contribution in [-0.2, 0) is 21.5 Å². The molecular weight excluding hydrogens is 435 g/mol. The summed E-state index contributed by atoms with van der Waals surface area (Å²) >= 11 is 0. The topological polar surface area (TPSA) is 76.2 Å². The van der Waals surface area contributed by atoms with Crippen molar-refractivity contribution in [1.29, 1.82) is 0 Å². The van der Waals surface area contributed by atoms with Gasteiger partial charge in [0.15, 0.2) is 11.6 Å². The average molecular weight is 467 g/mol. The Hall–Kier alpha value is -2.65. The van der Waals surface area contributed by atoms with Gasteiger partial charge in [0.05, 0.1) is 7.11 Å². The molecule has 2 aromatic rings. The third-order valence-electron chi connectivity index (χ3n) is 4.64. The standard InChI is InChI=1S/C23H31FN2O5S/c1-17(2)13-23(27)26(12-11-25(3)4)16-18-7-6-8-19(14-18)31-32(28,29)20-9-10-22(30-5)21(24)15-20/h6-10,14-15,17H,11-13,16H2,1-5H3. The molecule has 176 valence electrons. The van der Waals surface area contributed by atoms with Gasteiger partial charge < -0.3 is 18.7 Å². The Kier molecular flexibility index (Phi) is 9.03. The maximum absolute atomic E-state index is 13.9. The van der Waals surface area contributed by atoms with Crippen LogP contribution in [0.2, 0.25) is 0 Å². The second kappa shape index (κ2) is 11.3. The predicted octanol–water partition coefficient (Wildman–Crippen LogP) is 3.54. The number of carbonyl (C=O) groups is 1. The van der Waals surface area contributed by atoms with Gasteiger partial charge in [0.2, 0.25) is 5.91 Å². The summed E-state index contributed by atoms with van der Waals surface area (Å²) in [6.45, 7) is 5.56. The number of hydrogen-bond donors (Lipinski definition) is 0. The van der Waals surface area contributed by atoms with E-state index < -0.39 is 15.9 Å². The summed E-state index contributed by atoms with van der Waals surface area (Å²) in [4.78, 5) is 16.1. The molecule has 7 nitrogen and oxygen atoms in total. The highest BCUT2D eigenvalue weighted by molar-refractivity contribution is 7.87. The minimum absolute atomic E-state index is 0.0366. The molecule has 0 N–H and O–H groups in total. The summed E-state index contributed by atoms with van der Waals surface area (Å²) in [6.07, 6.45) is 0.432. The van der Waals surface area contributed by atoms with E-state index in [9.17, 15) is 17.6 Å². The van der Waals surface area contributed by atoms with Crippen LogP contribution in [0.1, 0.15) is 25.8 Å². The molecule has 0 spiro atoms. The fraction of sp³-hybridized carbons (Fsp3) is 0.435. The summed E-state index contributed by atoms with van der Waals surface area (Å²) in [5, 5.41) is 0. The van der Waals surface area contributed by atoms with Gasteiger partial charge in [-0.25, -0.2) is 4.39 Å². The zero-order valence-electron chi connectivity index (χ0n) is 19.2. The van der Waals surface area contributed by atoms with Gasteiger partial charge in [0.1, 0.15) is 10.6 Å². The average Bonchev–Trinajstić information content (AvgIpc) is 2.70. The van der Waals surface area contributed by atoms with Crippen molar-refractivity contribution in [2.24, 2.45) is 5.92 Å². The first-order valence-corrected chi connectivity index (χ1v) is 11.7. The van der Waals surface area contributed by atoms with Crippen LogP contribution in [0.3, 0.4) is 0 Å². The number of hydrogen-bond acceptors (Lipinski definition) is 6. The van der Waals surface area contributed by atoms with Gasteiger partial charge in [0, 0.05) is 26.1 Å². The summed E-state index contributed by atoms with van der Waals surface area (Å²) in [5.41, 5.74) is 0.731. The summed E-state index contributed by atoms with van der Waals surface area (Å²) in [6, 6.07) is 9.83. The van der Waals surface area contributed by atoms with Gasteiger partial charge in [-0.3, -0.25) is 4.79 Å². The van der Waals surface area contributed by atoms with Crippen molar-refractivity contribution in [3.05, 3.63) is 53.8 Å². The van der Waals surface area contributed by atoms with Crippen LogP contribution < -0.4 is 8.92 Å². The summed E-state index contributed by atoms with van der Waals surface area (Å²) in [5.74, 6) is -0.507. The zero-order valence-corrected chi connectivity index (χ0v) is 20.0. The SMILES string of the molecule is COc1ccc(S(=O)(=O)Oc2cccc(CN(CCN(C)C)C(=O)CC(C)C)c2)cc1F.